The highest BCUT2D eigenvalue weighted by molar-refractivity contribution is 7.16. The number of aryl methyl sites for hydroxylation is 1. The van der Waals surface area contributed by atoms with Crippen LogP contribution in [0.3, 0.4) is 0 Å². The van der Waals surface area contributed by atoms with E-state index in [2.05, 4.69) is 5.32 Å². The standard InChI is InChI=1S/C15H18N2O2S/c1-4-17-15(18)13-12(9(2)20-14(13)16)10-7-5-6-8-11(10)19-3/h5-8H,4,16H2,1-3H3,(H,17,18). The number of nitrogen functional groups attached to an aromatic ring is 1. The number of ether oxygens (including phenoxy) is 1. The first kappa shape index (κ1) is 14.4. The number of para-hydroxylation sites is 1. The SMILES string of the molecule is CCNC(=O)c1c(N)sc(C)c1-c1ccccc1OC. The first-order valence-corrected chi connectivity index (χ1v) is 7.22. The van der Waals surface area contributed by atoms with E-state index < -0.39 is 0 Å². The van der Waals surface area contributed by atoms with Crippen molar-refractivity contribution in [3.8, 4) is 16.9 Å². The van der Waals surface area contributed by atoms with E-state index in [1.54, 1.807) is 7.11 Å². The highest BCUT2D eigenvalue weighted by atomic mass is 32.1. The number of benzene rings is 1. The van der Waals surface area contributed by atoms with Gasteiger partial charge in [-0.3, -0.25) is 4.79 Å². The van der Waals surface area contributed by atoms with Gasteiger partial charge in [0, 0.05) is 22.5 Å². The Bertz CT molecular complexity index is 635. The third-order valence-corrected chi connectivity index (χ3v) is 3.99. The summed E-state index contributed by atoms with van der Waals surface area (Å²) in [5.74, 6) is 0.592. The number of anilines is 1. The molecule has 3 N–H and O–H groups in total. The molecule has 1 amide bonds. The average molecular weight is 290 g/mol. The van der Waals surface area contributed by atoms with E-state index >= 15 is 0 Å². The Balaban J connectivity index is 2.64. The highest BCUT2D eigenvalue weighted by Crippen LogP contribution is 2.41. The van der Waals surface area contributed by atoms with Crippen LogP contribution in [0.4, 0.5) is 5.00 Å². The maximum Gasteiger partial charge on any atom is 0.254 e. The van der Waals surface area contributed by atoms with Crippen molar-refractivity contribution in [2.45, 2.75) is 13.8 Å². The largest absolute Gasteiger partial charge is 0.496 e. The summed E-state index contributed by atoms with van der Waals surface area (Å²) < 4.78 is 5.39. The van der Waals surface area contributed by atoms with Gasteiger partial charge in [-0.1, -0.05) is 18.2 Å². The molecular weight excluding hydrogens is 272 g/mol. The van der Waals surface area contributed by atoms with Crippen molar-refractivity contribution in [2.75, 3.05) is 19.4 Å². The summed E-state index contributed by atoms with van der Waals surface area (Å²) in [5, 5.41) is 3.35. The molecule has 0 bridgehead atoms. The van der Waals surface area contributed by atoms with Crippen LogP contribution in [0.15, 0.2) is 24.3 Å². The Kier molecular flexibility index (Phi) is 4.29. The van der Waals surface area contributed by atoms with Gasteiger partial charge in [0.05, 0.1) is 17.7 Å². The molecule has 0 fully saturated rings. The van der Waals surface area contributed by atoms with Gasteiger partial charge in [-0.15, -0.1) is 11.3 Å². The molecule has 1 aromatic heterocycles. The Morgan fingerprint density at radius 2 is 2.10 bits per heavy atom. The molecule has 1 aromatic carbocycles. The number of rotatable bonds is 4. The van der Waals surface area contributed by atoms with Crippen molar-refractivity contribution in [3.63, 3.8) is 0 Å². The van der Waals surface area contributed by atoms with Crippen LogP contribution in [-0.4, -0.2) is 19.6 Å². The van der Waals surface area contributed by atoms with Crippen LogP contribution in [0.5, 0.6) is 5.75 Å². The van der Waals surface area contributed by atoms with Crippen LogP contribution in [0.1, 0.15) is 22.2 Å². The predicted octanol–water partition coefficient (Wildman–Crippen LogP) is 3.06. The van der Waals surface area contributed by atoms with E-state index in [9.17, 15) is 4.79 Å². The van der Waals surface area contributed by atoms with Gasteiger partial charge in [-0.05, 0) is 19.9 Å². The van der Waals surface area contributed by atoms with E-state index in [4.69, 9.17) is 10.5 Å². The minimum Gasteiger partial charge on any atom is -0.496 e. The van der Waals surface area contributed by atoms with Gasteiger partial charge >= 0.3 is 0 Å². The van der Waals surface area contributed by atoms with Gasteiger partial charge in [-0.25, -0.2) is 0 Å². The van der Waals surface area contributed by atoms with Crippen LogP contribution in [-0.2, 0) is 0 Å². The number of hydrogen-bond acceptors (Lipinski definition) is 4. The molecule has 0 aliphatic heterocycles. The molecule has 0 saturated heterocycles. The van der Waals surface area contributed by atoms with Crippen molar-refractivity contribution < 1.29 is 9.53 Å². The van der Waals surface area contributed by atoms with Crippen molar-refractivity contribution in [1.29, 1.82) is 0 Å². The zero-order valence-electron chi connectivity index (χ0n) is 11.8. The van der Waals surface area contributed by atoms with Gasteiger partial charge in [0.1, 0.15) is 5.75 Å². The molecule has 0 aliphatic rings. The van der Waals surface area contributed by atoms with Crippen LogP contribution in [0, 0.1) is 6.92 Å². The maximum atomic E-state index is 12.2. The Morgan fingerprint density at radius 1 is 1.40 bits per heavy atom. The topological polar surface area (TPSA) is 64.4 Å². The molecule has 0 unspecified atom stereocenters. The first-order chi connectivity index (χ1) is 9.60. The smallest absolute Gasteiger partial charge is 0.254 e. The van der Waals surface area contributed by atoms with Crippen LogP contribution >= 0.6 is 11.3 Å². The van der Waals surface area contributed by atoms with Crippen molar-refractivity contribution in [2.24, 2.45) is 0 Å². The molecule has 2 aromatic rings. The van der Waals surface area contributed by atoms with Gasteiger partial charge in [0.2, 0.25) is 0 Å². The summed E-state index contributed by atoms with van der Waals surface area (Å²) in [4.78, 5) is 13.3. The molecule has 0 radical (unpaired) electrons. The molecule has 0 aliphatic carbocycles. The summed E-state index contributed by atoms with van der Waals surface area (Å²) in [6.45, 7) is 4.42. The third kappa shape index (κ3) is 2.49. The zero-order chi connectivity index (χ0) is 14.7. The number of nitrogens with two attached hydrogens (primary N) is 1. The fourth-order valence-corrected chi connectivity index (χ4v) is 3.16. The molecule has 0 saturated carbocycles. The summed E-state index contributed by atoms with van der Waals surface area (Å²) in [6, 6.07) is 7.64. The average Bonchev–Trinajstić information content (AvgIpc) is 2.73. The van der Waals surface area contributed by atoms with E-state index in [1.165, 1.54) is 11.3 Å². The first-order valence-electron chi connectivity index (χ1n) is 6.40. The number of carbonyl (C=O) groups is 1. The van der Waals surface area contributed by atoms with Gasteiger partial charge in [0.25, 0.3) is 5.91 Å². The number of nitrogens with one attached hydrogen (secondary N) is 1. The van der Waals surface area contributed by atoms with E-state index in [0.717, 1.165) is 21.8 Å². The van der Waals surface area contributed by atoms with Crippen molar-refractivity contribution >= 4 is 22.2 Å². The summed E-state index contributed by atoms with van der Waals surface area (Å²) in [7, 11) is 1.62. The van der Waals surface area contributed by atoms with Gasteiger partial charge in [-0.2, -0.15) is 0 Å². The second-order valence-corrected chi connectivity index (χ2v) is 5.59. The molecule has 20 heavy (non-hydrogen) atoms. The van der Waals surface area contributed by atoms with Crippen LogP contribution in [0.25, 0.3) is 11.1 Å². The minimum absolute atomic E-state index is 0.143. The molecular formula is C15H18N2O2S. The summed E-state index contributed by atoms with van der Waals surface area (Å²) in [5.41, 5.74) is 8.31. The Labute approximate surface area is 122 Å². The Morgan fingerprint density at radius 3 is 2.75 bits per heavy atom. The fraction of sp³-hybridized carbons (Fsp3) is 0.267. The van der Waals surface area contributed by atoms with E-state index in [-0.39, 0.29) is 5.91 Å². The second kappa shape index (κ2) is 5.96. The summed E-state index contributed by atoms with van der Waals surface area (Å²) in [6.07, 6.45) is 0. The normalized spacial score (nSPS) is 10.3. The van der Waals surface area contributed by atoms with Crippen molar-refractivity contribution in [1.82, 2.24) is 5.32 Å². The minimum atomic E-state index is -0.143. The quantitative estimate of drug-likeness (QED) is 0.909. The zero-order valence-corrected chi connectivity index (χ0v) is 12.6. The van der Waals surface area contributed by atoms with Gasteiger partial charge < -0.3 is 15.8 Å². The van der Waals surface area contributed by atoms with Crippen molar-refractivity contribution in [3.05, 3.63) is 34.7 Å². The van der Waals surface area contributed by atoms with Crippen LogP contribution in [0.2, 0.25) is 0 Å². The Hall–Kier alpha value is -2.01. The molecule has 5 heteroatoms. The lowest BCUT2D eigenvalue weighted by molar-refractivity contribution is 0.0957. The number of carbonyl (C=O) groups excluding carboxylic acids is 1. The number of amides is 1. The lowest BCUT2D eigenvalue weighted by Crippen LogP contribution is -2.23. The highest BCUT2D eigenvalue weighted by Gasteiger charge is 2.23. The predicted molar refractivity (Wildman–Crippen MR) is 83.5 cm³/mol. The molecule has 1 heterocycles. The number of hydrogen-bond donors (Lipinski definition) is 2. The number of thiophene rings is 1. The summed E-state index contributed by atoms with van der Waals surface area (Å²) >= 11 is 1.43. The lowest BCUT2D eigenvalue weighted by atomic mass is 10.00. The van der Waals surface area contributed by atoms with Crippen LogP contribution < -0.4 is 15.8 Å². The van der Waals surface area contributed by atoms with Gasteiger partial charge in [0.15, 0.2) is 0 Å². The monoisotopic (exact) mass is 290 g/mol. The van der Waals surface area contributed by atoms with E-state index in [1.807, 2.05) is 38.1 Å². The second-order valence-electron chi connectivity index (χ2n) is 4.33. The molecule has 0 spiro atoms. The maximum absolute atomic E-state index is 12.2. The molecule has 4 nitrogen and oxygen atoms in total. The lowest BCUT2D eigenvalue weighted by Gasteiger charge is -2.11. The molecule has 0 atom stereocenters. The molecule has 2 rings (SSSR count). The third-order valence-electron chi connectivity index (χ3n) is 3.05. The fourth-order valence-electron chi connectivity index (χ4n) is 2.22. The van der Waals surface area contributed by atoms with E-state index in [0.29, 0.717) is 17.1 Å². The molecule has 106 valence electrons. The number of methoxy groups -OCH3 is 1.